The van der Waals surface area contributed by atoms with Crippen LogP contribution in [0, 0.1) is 0 Å². The van der Waals surface area contributed by atoms with Gasteiger partial charge in [-0.2, -0.15) is 0 Å². The van der Waals surface area contributed by atoms with Gasteiger partial charge < -0.3 is 0 Å². The molecule has 0 saturated heterocycles. The second-order valence-corrected chi connectivity index (χ2v) is 12.0. The highest BCUT2D eigenvalue weighted by Crippen LogP contribution is 2.25. The number of aryl methyl sites for hydroxylation is 2. The molecule has 2 rings (SSSR count). The van der Waals surface area contributed by atoms with E-state index in [2.05, 4.69) is 58.7 Å². The average molecular weight is 528 g/mol. The SMILES string of the molecule is CCCCCCCCCCCCc1cccs1.CCCCCCCCc1ccsc1Br. The first-order valence-electron chi connectivity index (χ1n) is 13.0. The van der Waals surface area contributed by atoms with Gasteiger partial charge in [-0.15, -0.1) is 22.7 Å². The molecule has 2 heterocycles. The van der Waals surface area contributed by atoms with Crippen LogP contribution in [0.1, 0.15) is 127 Å². The lowest BCUT2D eigenvalue weighted by atomic mass is 10.1. The molecule has 0 spiro atoms. The van der Waals surface area contributed by atoms with Gasteiger partial charge in [-0.1, -0.05) is 110 Å². The summed E-state index contributed by atoms with van der Waals surface area (Å²) < 4.78 is 1.33. The summed E-state index contributed by atoms with van der Waals surface area (Å²) in [6.07, 6.45) is 25.2. The van der Waals surface area contributed by atoms with Crippen LogP contribution in [-0.4, -0.2) is 0 Å². The molecule has 0 nitrogen and oxygen atoms in total. The van der Waals surface area contributed by atoms with Crippen molar-refractivity contribution < 1.29 is 0 Å². The Balaban J connectivity index is 0.000000316. The minimum absolute atomic E-state index is 1.25. The molecule has 0 aliphatic heterocycles. The topological polar surface area (TPSA) is 0 Å². The van der Waals surface area contributed by atoms with E-state index in [9.17, 15) is 0 Å². The van der Waals surface area contributed by atoms with Crippen LogP contribution < -0.4 is 0 Å². The lowest BCUT2D eigenvalue weighted by molar-refractivity contribution is 0.557. The number of halogens is 1. The molecule has 0 aliphatic carbocycles. The molecule has 0 amide bonds. The highest BCUT2D eigenvalue weighted by molar-refractivity contribution is 9.11. The zero-order chi connectivity index (χ0) is 22.4. The molecule has 0 atom stereocenters. The zero-order valence-corrected chi connectivity index (χ0v) is 23.5. The Hall–Kier alpha value is -0.120. The van der Waals surface area contributed by atoms with E-state index >= 15 is 0 Å². The van der Waals surface area contributed by atoms with Crippen LogP contribution in [0.5, 0.6) is 0 Å². The number of thiophene rings is 2. The normalized spacial score (nSPS) is 10.8. The summed E-state index contributed by atoms with van der Waals surface area (Å²) in [7, 11) is 0. The largest absolute Gasteiger partial charge is 0.149 e. The van der Waals surface area contributed by atoms with Gasteiger partial charge in [-0.3, -0.25) is 0 Å². The van der Waals surface area contributed by atoms with Crippen LogP contribution in [0.25, 0.3) is 0 Å². The number of hydrogen-bond acceptors (Lipinski definition) is 2. The van der Waals surface area contributed by atoms with Crippen molar-refractivity contribution in [2.24, 2.45) is 0 Å². The maximum atomic E-state index is 3.58. The first kappa shape index (κ1) is 28.9. The molecule has 2 aromatic rings. The second kappa shape index (κ2) is 21.7. The maximum Gasteiger partial charge on any atom is 0.0730 e. The van der Waals surface area contributed by atoms with Crippen LogP contribution in [-0.2, 0) is 12.8 Å². The van der Waals surface area contributed by atoms with Crippen LogP contribution >= 0.6 is 38.6 Å². The van der Waals surface area contributed by atoms with Crippen molar-refractivity contribution in [3.8, 4) is 0 Å². The Labute approximate surface area is 210 Å². The smallest absolute Gasteiger partial charge is 0.0730 e. The Morgan fingerprint density at radius 1 is 0.581 bits per heavy atom. The molecule has 0 unspecified atom stereocenters. The number of unbranched alkanes of at least 4 members (excludes halogenated alkanes) is 14. The first-order chi connectivity index (χ1) is 15.3. The van der Waals surface area contributed by atoms with E-state index in [0.29, 0.717) is 0 Å². The molecule has 178 valence electrons. The molecular formula is C28H47BrS2. The van der Waals surface area contributed by atoms with Crippen LogP contribution in [0.2, 0.25) is 0 Å². The van der Waals surface area contributed by atoms with Gasteiger partial charge in [-0.25, -0.2) is 0 Å². The quantitative estimate of drug-likeness (QED) is 0.169. The Bertz CT molecular complexity index is 588. The van der Waals surface area contributed by atoms with E-state index < -0.39 is 0 Å². The zero-order valence-electron chi connectivity index (χ0n) is 20.3. The Morgan fingerprint density at radius 2 is 1.10 bits per heavy atom. The average Bonchev–Trinajstić information content (AvgIpc) is 3.44. The first-order valence-corrected chi connectivity index (χ1v) is 15.6. The molecule has 0 fully saturated rings. The third-order valence-corrected chi connectivity index (χ3v) is 8.60. The molecule has 0 radical (unpaired) electrons. The van der Waals surface area contributed by atoms with Crippen LogP contribution in [0.15, 0.2) is 32.7 Å². The summed E-state index contributed by atoms with van der Waals surface area (Å²) in [5.74, 6) is 0. The predicted octanol–water partition coefficient (Wildman–Crippen LogP) is 11.6. The van der Waals surface area contributed by atoms with Crippen molar-refractivity contribution >= 4 is 38.6 Å². The van der Waals surface area contributed by atoms with E-state index in [4.69, 9.17) is 0 Å². The third-order valence-electron chi connectivity index (χ3n) is 5.85. The summed E-state index contributed by atoms with van der Waals surface area (Å²) in [4.78, 5) is 1.56. The van der Waals surface area contributed by atoms with Crippen LogP contribution in [0.4, 0.5) is 0 Å². The number of hydrogen-bond donors (Lipinski definition) is 0. The molecule has 3 heteroatoms. The van der Waals surface area contributed by atoms with Crippen molar-refractivity contribution in [2.45, 2.75) is 129 Å². The van der Waals surface area contributed by atoms with E-state index in [1.54, 1.807) is 16.2 Å². The second-order valence-electron chi connectivity index (χ2n) is 8.75. The van der Waals surface area contributed by atoms with Crippen molar-refractivity contribution in [3.05, 3.63) is 43.2 Å². The maximum absolute atomic E-state index is 3.58. The van der Waals surface area contributed by atoms with Gasteiger partial charge in [0.2, 0.25) is 0 Å². The Kier molecular flexibility index (Phi) is 20.2. The lowest BCUT2D eigenvalue weighted by Gasteiger charge is -2.01. The fourth-order valence-corrected chi connectivity index (χ4v) is 5.91. The van der Waals surface area contributed by atoms with Crippen molar-refractivity contribution in [1.29, 1.82) is 0 Å². The fourth-order valence-electron chi connectivity index (χ4n) is 3.84. The molecule has 0 saturated carbocycles. The molecule has 0 aliphatic rings. The van der Waals surface area contributed by atoms with E-state index in [0.717, 1.165) is 0 Å². The fraction of sp³-hybridized carbons (Fsp3) is 0.714. The van der Waals surface area contributed by atoms with Crippen molar-refractivity contribution in [1.82, 2.24) is 0 Å². The van der Waals surface area contributed by atoms with Gasteiger partial charge in [0.25, 0.3) is 0 Å². The minimum atomic E-state index is 1.25. The van der Waals surface area contributed by atoms with Crippen LogP contribution in [0.3, 0.4) is 0 Å². The summed E-state index contributed by atoms with van der Waals surface area (Å²) in [6, 6.07) is 6.66. The summed E-state index contributed by atoms with van der Waals surface area (Å²) in [5.41, 5.74) is 1.49. The molecule has 0 aromatic carbocycles. The number of rotatable bonds is 18. The van der Waals surface area contributed by atoms with Crippen molar-refractivity contribution in [2.75, 3.05) is 0 Å². The van der Waals surface area contributed by atoms with Gasteiger partial charge in [0.1, 0.15) is 0 Å². The van der Waals surface area contributed by atoms with E-state index in [1.807, 2.05) is 11.3 Å². The molecular weight excluding hydrogens is 480 g/mol. The van der Waals surface area contributed by atoms with Crippen molar-refractivity contribution in [3.63, 3.8) is 0 Å². The highest BCUT2D eigenvalue weighted by Gasteiger charge is 2.00. The van der Waals surface area contributed by atoms with Gasteiger partial charge in [0.15, 0.2) is 0 Å². The summed E-state index contributed by atoms with van der Waals surface area (Å²) in [5, 5.41) is 4.35. The van der Waals surface area contributed by atoms with Gasteiger partial charge >= 0.3 is 0 Å². The van der Waals surface area contributed by atoms with Gasteiger partial charge in [0.05, 0.1) is 3.79 Å². The highest BCUT2D eigenvalue weighted by atomic mass is 79.9. The van der Waals surface area contributed by atoms with Gasteiger partial charge in [0, 0.05) is 4.88 Å². The molecule has 2 aromatic heterocycles. The molecule has 0 N–H and O–H groups in total. The Morgan fingerprint density at radius 3 is 1.55 bits per heavy atom. The van der Waals surface area contributed by atoms with E-state index in [-0.39, 0.29) is 0 Å². The minimum Gasteiger partial charge on any atom is -0.149 e. The van der Waals surface area contributed by atoms with E-state index in [1.165, 1.54) is 125 Å². The third kappa shape index (κ3) is 17.1. The molecule has 31 heavy (non-hydrogen) atoms. The lowest BCUT2D eigenvalue weighted by Crippen LogP contribution is -1.84. The summed E-state index contributed by atoms with van der Waals surface area (Å²) in [6.45, 7) is 4.55. The standard InChI is InChI=1S/C16H28S.C12H19BrS/c1-2-3-4-5-6-7-8-9-10-11-13-16-14-12-15-17-16;1-2-3-4-5-6-7-8-11-9-10-14-12(11)13/h12,14-15H,2-11,13H2,1H3;9-10H,2-8H2,1H3. The monoisotopic (exact) mass is 526 g/mol. The molecule has 0 bridgehead atoms. The predicted molar refractivity (Wildman–Crippen MR) is 149 cm³/mol. The summed E-state index contributed by atoms with van der Waals surface area (Å²) >= 11 is 7.27. The van der Waals surface area contributed by atoms with Gasteiger partial charge in [-0.05, 0) is 70.1 Å².